The smallest absolute Gasteiger partial charge is 0.149 e. The largest absolute Gasteiger partial charge is 0.355 e. The predicted molar refractivity (Wildman–Crippen MR) is 94.3 cm³/mol. The lowest BCUT2D eigenvalue weighted by atomic mass is 9.87. The number of nitrogens with zero attached hydrogens (tertiary/aromatic N) is 4. The maximum Gasteiger partial charge on any atom is 0.149 e. The van der Waals surface area contributed by atoms with Crippen LogP contribution < -0.4 is 4.90 Å². The first-order valence-electron chi connectivity index (χ1n) is 7.41. The van der Waals surface area contributed by atoms with Crippen LogP contribution in [-0.4, -0.2) is 34.9 Å². The van der Waals surface area contributed by atoms with Gasteiger partial charge in [-0.2, -0.15) is 5.10 Å². The Morgan fingerprint density at radius 3 is 2.65 bits per heavy atom. The molecule has 3 rings (SSSR count). The van der Waals surface area contributed by atoms with Crippen LogP contribution in [0, 0.1) is 5.82 Å². The Balaban J connectivity index is 1.87. The lowest BCUT2D eigenvalue weighted by molar-refractivity contribution is 0.0992. The van der Waals surface area contributed by atoms with Crippen LogP contribution in [0.1, 0.15) is 18.9 Å². The molecule has 1 aromatic carbocycles. The van der Waals surface area contributed by atoms with Crippen LogP contribution in [0.15, 0.2) is 29.0 Å². The topological polar surface area (TPSA) is 24.3 Å². The van der Waals surface area contributed by atoms with E-state index in [0.717, 1.165) is 13.0 Å². The first-order chi connectivity index (χ1) is 10.8. The molecule has 0 spiro atoms. The minimum atomic E-state index is -0.303. The summed E-state index contributed by atoms with van der Waals surface area (Å²) in [7, 11) is 3.96. The molecule has 23 heavy (non-hydrogen) atoms. The van der Waals surface area contributed by atoms with Crippen molar-refractivity contribution in [1.29, 1.82) is 0 Å². The second-order valence-electron chi connectivity index (χ2n) is 6.25. The summed E-state index contributed by atoms with van der Waals surface area (Å²) in [5, 5.41) is 4.70. The minimum absolute atomic E-state index is 0.122. The quantitative estimate of drug-likeness (QED) is 0.760. The van der Waals surface area contributed by atoms with E-state index in [0.29, 0.717) is 21.9 Å². The Morgan fingerprint density at radius 1 is 1.35 bits per heavy atom. The molecule has 4 nitrogen and oxygen atoms in total. The average molecular weight is 402 g/mol. The van der Waals surface area contributed by atoms with Crippen molar-refractivity contribution >= 4 is 33.2 Å². The SMILES string of the molecule is CN1CN(c2c(F)cc(Br)cc2Cl)CCC1(C)c1cnn(C)c1. The van der Waals surface area contributed by atoms with Gasteiger partial charge in [0.1, 0.15) is 5.82 Å². The maximum absolute atomic E-state index is 14.4. The van der Waals surface area contributed by atoms with E-state index in [4.69, 9.17) is 11.6 Å². The maximum atomic E-state index is 14.4. The highest BCUT2D eigenvalue weighted by molar-refractivity contribution is 9.10. The fourth-order valence-corrected chi connectivity index (χ4v) is 4.00. The van der Waals surface area contributed by atoms with E-state index in [9.17, 15) is 4.39 Å². The third kappa shape index (κ3) is 2.99. The monoisotopic (exact) mass is 400 g/mol. The molecule has 1 atom stereocenters. The molecule has 1 aromatic heterocycles. The summed E-state index contributed by atoms with van der Waals surface area (Å²) in [6.07, 6.45) is 4.81. The van der Waals surface area contributed by atoms with Gasteiger partial charge in [0.05, 0.1) is 23.6 Å². The van der Waals surface area contributed by atoms with Gasteiger partial charge in [-0.05, 0) is 32.5 Å². The number of aromatic nitrogens is 2. The highest BCUT2D eigenvalue weighted by Crippen LogP contribution is 2.39. The van der Waals surface area contributed by atoms with Crippen LogP contribution in [-0.2, 0) is 12.6 Å². The second kappa shape index (κ2) is 6.07. The van der Waals surface area contributed by atoms with E-state index in [1.807, 2.05) is 36.1 Å². The molecule has 1 aliphatic rings. The average Bonchev–Trinajstić information content (AvgIpc) is 2.89. The zero-order chi connectivity index (χ0) is 16.8. The van der Waals surface area contributed by atoms with Gasteiger partial charge in [0.15, 0.2) is 0 Å². The van der Waals surface area contributed by atoms with Gasteiger partial charge < -0.3 is 4.90 Å². The fraction of sp³-hybridized carbons (Fsp3) is 0.438. The summed E-state index contributed by atoms with van der Waals surface area (Å²) < 4.78 is 16.8. The van der Waals surface area contributed by atoms with Gasteiger partial charge in [0.2, 0.25) is 0 Å². The summed E-state index contributed by atoms with van der Waals surface area (Å²) >= 11 is 9.54. The van der Waals surface area contributed by atoms with Crippen LogP contribution >= 0.6 is 27.5 Å². The molecule has 2 heterocycles. The third-order valence-electron chi connectivity index (χ3n) is 4.72. The van der Waals surface area contributed by atoms with Gasteiger partial charge in [0, 0.05) is 35.4 Å². The summed E-state index contributed by atoms with van der Waals surface area (Å²) in [6.45, 7) is 3.53. The van der Waals surface area contributed by atoms with Crippen molar-refractivity contribution < 1.29 is 4.39 Å². The van der Waals surface area contributed by atoms with Gasteiger partial charge in [0.25, 0.3) is 0 Å². The van der Waals surface area contributed by atoms with E-state index in [1.165, 1.54) is 11.6 Å². The number of benzene rings is 1. The number of hydrogen-bond donors (Lipinski definition) is 0. The van der Waals surface area contributed by atoms with E-state index in [-0.39, 0.29) is 11.4 Å². The van der Waals surface area contributed by atoms with Crippen LogP contribution in [0.3, 0.4) is 0 Å². The zero-order valence-electron chi connectivity index (χ0n) is 13.4. The van der Waals surface area contributed by atoms with Gasteiger partial charge in [-0.1, -0.05) is 27.5 Å². The molecule has 0 amide bonds. The van der Waals surface area contributed by atoms with Crippen molar-refractivity contribution in [2.24, 2.45) is 7.05 Å². The van der Waals surface area contributed by atoms with E-state index >= 15 is 0 Å². The van der Waals surface area contributed by atoms with Crippen LogP contribution in [0.4, 0.5) is 10.1 Å². The first kappa shape index (κ1) is 16.7. The Labute approximate surface area is 149 Å². The van der Waals surface area contributed by atoms with E-state index in [2.05, 4.69) is 32.9 Å². The molecule has 0 bridgehead atoms. The molecule has 2 aromatic rings. The lowest BCUT2D eigenvalue weighted by Crippen LogP contribution is -2.54. The molecular formula is C16H19BrClFN4. The molecule has 124 valence electrons. The summed E-state index contributed by atoms with van der Waals surface area (Å²) in [6, 6.07) is 3.19. The van der Waals surface area contributed by atoms with Crippen LogP contribution in [0.25, 0.3) is 0 Å². The molecule has 1 unspecified atom stereocenters. The Kier molecular flexibility index (Phi) is 4.42. The molecular weight excluding hydrogens is 383 g/mol. The summed E-state index contributed by atoms with van der Waals surface area (Å²) in [5.41, 5.74) is 1.52. The van der Waals surface area contributed by atoms with Crippen LogP contribution in [0.2, 0.25) is 5.02 Å². The molecule has 1 aliphatic heterocycles. The van der Waals surface area contributed by atoms with Crippen molar-refractivity contribution in [3.8, 4) is 0 Å². The van der Waals surface area contributed by atoms with Gasteiger partial charge in [-0.25, -0.2) is 4.39 Å². The molecule has 0 N–H and O–H groups in total. The first-order valence-corrected chi connectivity index (χ1v) is 8.58. The van der Waals surface area contributed by atoms with Gasteiger partial charge in [-0.3, -0.25) is 9.58 Å². The number of halogens is 3. The Bertz CT molecular complexity index is 712. The fourth-order valence-electron chi connectivity index (χ4n) is 3.11. The molecule has 0 aliphatic carbocycles. The van der Waals surface area contributed by atoms with Crippen molar-refractivity contribution in [3.05, 3.63) is 45.4 Å². The Hall–Kier alpha value is -1.11. The standard InChI is InChI=1S/C16H19BrClFN4/c1-16(11-8-20-22(3)9-11)4-5-23(10-21(16)2)15-13(18)6-12(17)7-14(15)19/h6-9H,4-5,10H2,1-3H3. The highest BCUT2D eigenvalue weighted by atomic mass is 79.9. The van der Waals surface area contributed by atoms with Crippen molar-refractivity contribution in [1.82, 2.24) is 14.7 Å². The van der Waals surface area contributed by atoms with E-state index in [1.54, 1.807) is 6.07 Å². The van der Waals surface area contributed by atoms with Crippen molar-refractivity contribution in [2.45, 2.75) is 18.9 Å². The Morgan fingerprint density at radius 2 is 2.09 bits per heavy atom. The van der Waals surface area contributed by atoms with E-state index < -0.39 is 0 Å². The van der Waals surface area contributed by atoms with Crippen molar-refractivity contribution in [3.63, 3.8) is 0 Å². The number of anilines is 1. The van der Waals surface area contributed by atoms with Gasteiger partial charge >= 0.3 is 0 Å². The molecule has 1 fully saturated rings. The highest BCUT2D eigenvalue weighted by Gasteiger charge is 2.38. The second-order valence-corrected chi connectivity index (χ2v) is 7.57. The molecule has 1 saturated heterocycles. The minimum Gasteiger partial charge on any atom is -0.355 e. The normalized spacial score (nSPS) is 22.6. The van der Waals surface area contributed by atoms with Crippen LogP contribution in [0.5, 0.6) is 0 Å². The zero-order valence-corrected chi connectivity index (χ0v) is 15.7. The summed E-state index contributed by atoms with van der Waals surface area (Å²) in [5.74, 6) is -0.303. The number of hydrogen-bond acceptors (Lipinski definition) is 3. The third-order valence-corrected chi connectivity index (χ3v) is 5.46. The lowest BCUT2D eigenvalue weighted by Gasteiger charge is -2.47. The number of aryl methyl sites for hydroxylation is 1. The number of rotatable bonds is 2. The molecule has 0 saturated carbocycles. The van der Waals surface area contributed by atoms with Crippen molar-refractivity contribution in [2.75, 3.05) is 25.2 Å². The van der Waals surface area contributed by atoms with Gasteiger partial charge in [-0.15, -0.1) is 0 Å². The summed E-state index contributed by atoms with van der Waals surface area (Å²) in [4.78, 5) is 4.20. The predicted octanol–water partition coefficient (Wildman–Crippen LogP) is 3.99. The molecule has 0 radical (unpaired) electrons. The molecule has 7 heteroatoms.